The largest absolute Gasteiger partial charge is 0.507 e. The molecule has 0 unspecified atom stereocenters. The lowest BCUT2D eigenvalue weighted by molar-refractivity contribution is 0.421. The Hall–Kier alpha value is -3.52. The van der Waals surface area contributed by atoms with Gasteiger partial charge in [0.15, 0.2) is 0 Å². The van der Waals surface area contributed by atoms with Gasteiger partial charge in [0.2, 0.25) is 0 Å². The molecule has 4 rings (SSSR count). The average molecular weight is 521 g/mol. The van der Waals surface area contributed by atoms with E-state index in [1.807, 2.05) is 36.4 Å². The minimum Gasteiger partial charge on any atom is -0.507 e. The highest BCUT2D eigenvalue weighted by Crippen LogP contribution is 2.44. The molecule has 0 aromatic heterocycles. The van der Waals surface area contributed by atoms with E-state index in [4.69, 9.17) is 0 Å². The maximum Gasteiger partial charge on any atom is 0.123 e. The van der Waals surface area contributed by atoms with Crippen molar-refractivity contribution in [2.24, 2.45) is 0 Å². The Balaban J connectivity index is 1.92. The second-order valence-corrected chi connectivity index (χ2v) is 13.5. The molecule has 2 nitrogen and oxygen atoms in total. The molecule has 0 aliphatic rings. The van der Waals surface area contributed by atoms with Crippen molar-refractivity contribution in [1.29, 1.82) is 0 Å². The Kier molecular flexibility index (Phi) is 7.72. The molecule has 39 heavy (non-hydrogen) atoms. The van der Waals surface area contributed by atoms with Gasteiger partial charge in [-0.3, -0.25) is 0 Å². The van der Waals surface area contributed by atoms with Crippen molar-refractivity contribution in [1.82, 2.24) is 0 Å². The van der Waals surface area contributed by atoms with E-state index in [9.17, 15) is 10.2 Å². The van der Waals surface area contributed by atoms with Crippen LogP contribution in [0.2, 0.25) is 0 Å². The van der Waals surface area contributed by atoms with E-state index in [1.54, 1.807) is 0 Å². The summed E-state index contributed by atoms with van der Waals surface area (Å²) >= 11 is 0. The lowest BCUT2D eigenvalue weighted by Gasteiger charge is -2.33. The Morgan fingerprint density at radius 3 is 1.21 bits per heavy atom. The van der Waals surface area contributed by atoms with Gasteiger partial charge in [-0.2, -0.15) is 0 Å². The molecule has 0 saturated carbocycles. The zero-order chi connectivity index (χ0) is 28.6. The quantitative estimate of drug-likeness (QED) is 0.266. The van der Waals surface area contributed by atoms with Crippen molar-refractivity contribution < 1.29 is 10.2 Å². The molecule has 0 saturated heterocycles. The van der Waals surface area contributed by atoms with Crippen LogP contribution in [-0.2, 0) is 29.1 Å². The van der Waals surface area contributed by atoms with Gasteiger partial charge in [-0.25, -0.2) is 0 Å². The first-order valence-electron chi connectivity index (χ1n) is 14.0. The van der Waals surface area contributed by atoms with Gasteiger partial charge in [-0.1, -0.05) is 140 Å². The van der Waals surface area contributed by atoms with Crippen molar-refractivity contribution in [3.63, 3.8) is 0 Å². The molecule has 4 aromatic rings. The molecule has 0 heterocycles. The van der Waals surface area contributed by atoms with Gasteiger partial charge in [0.05, 0.1) is 0 Å². The zero-order valence-electron chi connectivity index (χ0n) is 24.9. The summed E-state index contributed by atoms with van der Waals surface area (Å²) in [5, 5.41) is 22.8. The lowest BCUT2D eigenvalue weighted by Crippen LogP contribution is -2.24. The van der Waals surface area contributed by atoms with Crippen molar-refractivity contribution in [2.75, 3.05) is 0 Å². The summed E-state index contributed by atoms with van der Waals surface area (Å²) in [5.74, 6) is 0.772. The number of rotatable bonds is 6. The summed E-state index contributed by atoms with van der Waals surface area (Å²) in [6, 6.07) is 29.4. The van der Waals surface area contributed by atoms with E-state index in [-0.39, 0.29) is 16.2 Å². The Bertz CT molecular complexity index is 1340. The number of aromatic hydroxyl groups is 2. The summed E-state index contributed by atoms with van der Waals surface area (Å²) in [6.07, 6.45) is 1.32. The van der Waals surface area contributed by atoms with Crippen LogP contribution in [0.4, 0.5) is 0 Å². The van der Waals surface area contributed by atoms with Crippen LogP contribution in [0.1, 0.15) is 99.9 Å². The summed E-state index contributed by atoms with van der Waals surface area (Å²) in [5.41, 5.74) is 7.68. The maximum atomic E-state index is 11.5. The number of hydrogen-bond donors (Lipinski definition) is 2. The number of hydrogen-bond acceptors (Lipinski definition) is 2. The predicted molar refractivity (Wildman–Crippen MR) is 164 cm³/mol. The predicted octanol–water partition coefficient (Wildman–Crippen LogP) is 9.20. The summed E-state index contributed by atoms with van der Waals surface area (Å²) in [6.45, 7) is 17.4. The van der Waals surface area contributed by atoms with Crippen molar-refractivity contribution >= 4 is 0 Å². The molecular formula is C37H44O2. The molecule has 0 fully saturated rings. The van der Waals surface area contributed by atoms with E-state index in [2.05, 4.69) is 104 Å². The van der Waals surface area contributed by atoms with Crippen molar-refractivity contribution in [2.45, 2.75) is 84.5 Å². The second kappa shape index (κ2) is 10.6. The standard InChI is InChI=1S/C37H44O2/c1-35(2,3)31-23-30(24-32(34(31)39)36(4,5)6)37(7,8)29-21-27(19-25-15-11-9-12-16-25)33(38)28(22-29)20-26-17-13-10-14-18-26/h9-18,21-24,38-39H,19-20H2,1-8H3. The highest BCUT2D eigenvalue weighted by atomic mass is 16.3. The van der Waals surface area contributed by atoms with Crippen LogP contribution in [-0.4, -0.2) is 10.2 Å². The topological polar surface area (TPSA) is 40.5 Å². The first kappa shape index (κ1) is 28.5. The summed E-state index contributed by atoms with van der Waals surface area (Å²) < 4.78 is 0. The third-order valence-corrected chi connectivity index (χ3v) is 7.91. The molecule has 0 aliphatic heterocycles. The molecule has 0 amide bonds. The molecule has 2 heteroatoms. The van der Waals surface area contributed by atoms with Crippen LogP contribution in [0.15, 0.2) is 84.9 Å². The summed E-state index contributed by atoms with van der Waals surface area (Å²) in [4.78, 5) is 0. The van der Waals surface area contributed by atoms with Gasteiger partial charge < -0.3 is 10.2 Å². The van der Waals surface area contributed by atoms with E-state index in [0.29, 0.717) is 24.3 Å². The van der Waals surface area contributed by atoms with Crippen LogP contribution in [0.3, 0.4) is 0 Å². The molecule has 0 aliphatic carbocycles. The minimum atomic E-state index is -0.363. The SMILES string of the molecule is CC(C)(C)c1cc(C(C)(C)c2cc(Cc3ccccc3)c(O)c(Cc3ccccc3)c2)cc(C(C)(C)C)c1O. The fourth-order valence-electron chi connectivity index (χ4n) is 5.33. The highest BCUT2D eigenvalue weighted by Gasteiger charge is 2.32. The third kappa shape index (κ3) is 6.22. The Labute approximate surface area is 235 Å². The fraction of sp³-hybridized carbons (Fsp3) is 0.351. The lowest BCUT2D eigenvalue weighted by atomic mass is 9.71. The average Bonchev–Trinajstić information content (AvgIpc) is 2.86. The van der Waals surface area contributed by atoms with Crippen LogP contribution in [0, 0.1) is 0 Å². The van der Waals surface area contributed by atoms with E-state index in [1.165, 1.54) is 11.1 Å². The molecule has 0 atom stereocenters. The monoisotopic (exact) mass is 520 g/mol. The van der Waals surface area contributed by atoms with Crippen LogP contribution < -0.4 is 0 Å². The Morgan fingerprint density at radius 2 is 0.846 bits per heavy atom. The van der Waals surface area contributed by atoms with Crippen molar-refractivity contribution in [3.8, 4) is 11.5 Å². The van der Waals surface area contributed by atoms with E-state index in [0.717, 1.165) is 33.4 Å². The molecule has 2 N–H and O–H groups in total. The first-order valence-corrected chi connectivity index (χ1v) is 14.0. The number of benzene rings is 4. The number of phenols is 2. The van der Waals surface area contributed by atoms with E-state index >= 15 is 0 Å². The van der Waals surface area contributed by atoms with Gasteiger partial charge in [0.25, 0.3) is 0 Å². The van der Waals surface area contributed by atoms with Crippen molar-refractivity contribution in [3.05, 3.63) is 129 Å². The first-order chi connectivity index (χ1) is 18.2. The van der Waals surface area contributed by atoms with Gasteiger partial charge in [0.1, 0.15) is 11.5 Å². The van der Waals surface area contributed by atoms with Crippen LogP contribution in [0.5, 0.6) is 11.5 Å². The van der Waals surface area contributed by atoms with Gasteiger partial charge in [0, 0.05) is 18.3 Å². The van der Waals surface area contributed by atoms with Crippen LogP contribution in [0.25, 0.3) is 0 Å². The van der Waals surface area contributed by atoms with Gasteiger partial charge >= 0.3 is 0 Å². The van der Waals surface area contributed by atoms with Gasteiger partial charge in [-0.05, 0) is 55.3 Å². The second-order valence-electron chi connectivity index (χ2n) is 13.5. The Morgan fingerprint density at radius 1 is 0.487 bits per heavy atom. The van der Waals surface area contributed by atoms with Gasteiger partial charge in [-0.15, -0.1) is 0 Å². The highest BCUT2D eigenvalue weighted by molar-refractivity contribution is 5.56. The molecule has 0 bridgehead atoms. The normalized spacial score (nSPS) is 12.5. The minimum absolute atomic E-state index is 0.206. The fourth-order valence-corrected chi connectivity index (χ4v) is 5.33. The zero-order valence-corrected chi connectivity index (χ0v) is 24.9. The summed E-state index contributed by atoms with van der Waals surface area (Å²) in [7, 11) is 0. The van der Waals surface area contributed by atoms with E-state index < -0.39 is 0 Å². The molecule has 4 aromatic carbocycles. The molecule has 204 valence electrons. The molecular weight excluding hydrogens is 476 g/mol. The third-order valence-electron chi connectivity index (χ3n) is 7.91. The maximum absolute atomic E-state index is 11.5. The molecule has 0 radical (unpaired) electrons. The van der Waals surface area contributed by atoms with Crippen LogP contribution >= 0.6 is 0 Å². The number of phenolic OH excluding ortho intramolecular Hbond substituents is 2. The smallest absolute Gasteiger partial charge is 0.123 e. The molecule has 0 spiro atoms.